The molecular formula is C15H24N2O2S. The molecule has 1 fully saturated rings. The maximum Gasteiger partial charge on any atom is 0.235 e. The number of aryl methyl sites for hydroxylation is 1. The van der Waals surface area contributed by atoms with Crippen molar-refractivity contribution in [2.45, 2.75) is 39.2 Å². The maximum atomic E-state index is 12.4. The highest BCUT2D eigenvalue weighted by Gasteiger charge is 2.22. The molecule has 0 atom stereocenters. The molecule has 20 heavy (non-hydrogen) atoms. The van der Waals surface area contributed by atoms with Gasteiger partial charge in [-0.15, -0.1) is 0 Å². The highest BCUT2D eigenvalue weighted by Crippen LogP contribution is 2.20. The Morgan fingerprint density at radius 3 is 2.45 bits per heavy atom. The van der Waals surface area contributed by atoms with Crippen LogP contribution < -0.4 is 9.62 Å². The normalized spacial score (nSPS) is 15.3. The molecule has 1 aromatic rings. The minimum absolute atomic E-state index is 0.203. The Kier molecular flexibility index (Phi) is 5.05. The topological polar surface area (TPSA) is 49.4 Å². The van der Waals surface area contributed by atoms with Crippen LogP contribution in [0.5, 0.6) is 0 Å². The van der Waals surface area contributed by atoms with Crippen molar-refractivity contribution in [2.75, 3.05) is 23.1 Å². The number of hydrogen-bond acceptors (Lipinski definition) is 3. The van der Waals surface area contributed by atoms with Crippen LogP contribution in [0.2, 0.25) is 0 Å². The fourth-order valence-electron chi connectivity index (χ4n) is 2.21. The summed E-state index contributed by atoms with van der Waals surface area (Å²) in [6, 6.07) is 8.28. The first kappa shape index (κ1) is 15.3. The van der Waals surface area contributed by atoms with Crippen molar-refractivity contribution in [3.63, 3.8) is 0 Å². The highest BCUT2D eigenvalue weighted by atomic mass is 32.2. The first-order valence-electron chi connectivity index (χ1n) is 7.33. The van der Waals surface area contributed by atoms with E-state index in [-0.39, 0.29) is 5.75 Å². The van der Waals surface area contributed by atoms with Gasteiger partial charge in [-0.3, -0.25) is 4.31 Å². The summed E-state index contributed by atoms with van der Waals surface area (Å²) in [5, 5.41) is 3.35. The van der Waals surface area contributed by atoms with Crippen LogP contribution >= 0.6 is 0 Å². The van der Waals surface area contributed by atoms with Crippen molar-refractivity contribution >= 4 is 15.7 Å². The molecule has 1 aliphatic rings. The second-order valence-electron chi connectivity index (χ2n) is 5.40. The van der Waals surface area contributed by atoms with Crippen LogP contribution in [0.3, 0.4) is 0 Å². The molecule has 0 aliphatic heterocycles. The zero-order chi connectivity index (χ0) is 14.6. The van der Waals surface area contributed by atoms with Crippen molar-refractivity contribution < 1.29 is 8.42 Å². The van der Waals surface area contributed by atoms with Crippen molar-refractivity contribution in [1.29, 1.82) is 0 Å². The van der Waals surface area contributed by atoms with Crippen LogP contribution in [0.15, 0.2) is 24.3 Å². The van der Waals surface area contributed by atoms with E-state index in [0.29, 0.717) is 19.0 Å². The summed E-state index contributed by atoms with van der Waals surface area (Å²) in [7, 11) is -3.22. The lowest BCUT2D eigenvalue weighted by Crippen LogP contribution is -2.34. The summed E-state index contributed by atoms with van der Waals surface area (Å²) in [6.45, 7) is 5.13. The van der Waals surface area contributed by atoms with E-state index in [1.54, 1.807) is 0 Å². The quantitative estimate of drug-likeness (QED) is 0.749. The Bertz CT molecular complexity index is 521. The third-order valence-corrected chi connectivity index (χ3v) is 5.48. The number of nitrogens with zero attached hydrogens (tertiary/aromatic N) is 1. The summed E-state index contributed by atoms with van der Waals surface area (Å²) in [4.78, 5) is 0. The summed E-state index contributed by atoms with van der Waals surface area (Å²) in [5.41, 5.74) is 1.89. The summed E-state index contributed by atoms with van der Waals surface area (Å²) in [5.74, 6) is 0.203. The monoisotopic (exact) mass is 296 g/mol. The predicted octanol–water partition coefficient (Wildman–Crippen LogP) is 2.29. The Balaban J connectivity index is 1.94. The Hall–Kier alpha value is -1.07. The Labute approximate surface area is 122 Å². The van der Waals surface area contributed by atoms with Crippen LogP contribution in [-0.2, 0) is 10.0 Å². The van der Waals surface area contributed by atoms with E-state index in [4.69, 9.17) is 0 Å². The van der Waals surface area contributed by atoms with Crippen molar-refractivity contribution in [1.82, 2.24) is 5.32 Å². The molecule has 0 unspecified atom stereocenters. The van der Waals surface area contributed by atoms with Crippen LogP contribution in [0.4, 0.5) is 5.69 Å². The number of nitrogens with one attached hydrogen (secondary N) is 1. The molecule has 0 aromatic heterocycles. The molecule has 0 bridgehead atoms. The lowest BCUT2D eigenvalue weighted by molar-refractivity contribution is 0.584. The van der Waals surface area contributed by atoms with Gasteiger partial charge in [0.2, 0.25) is 10.0 Å². The summed E-state index contributed by atoms with van der Waals surface area (Å²) >= 11 is 0. The molecule has 1 N–H and O–H groups in total. The van der Waals surface area contributed by atoms with Gasteiger partial charge in [-0.25, -0.2) is 8.42 Å². The van der Waals surface area contributed by atoms with Gasteiger partial charge in [-0.05, 0) is 51.8 Å². The molecule has 4 nitrogen and oxygen atoms in total. The zero-order valence-corrected chi connectivity index (χ0v) is 13.1. The third-order valence-electron chi connectivity index (χ3n) is 3.53. The van der Waals surface area contributed by atoms with Gasteiger partial charge in [0, 0.05) is 12.6 Å². The minimum atomic E-state index is -3.22. The largest absolute Gasteiger partial charge is 0.314 e. The third kappa shape index (κ3) is 4.21. The Morgan fingerprint density at radius 1 is 1.25 bits per heavy atom. The molecule has 0 amide bonds. The predicted molar refractivity (Wildman–Crippen MR) is 83.6 cm³/mol. The lowest BCUT2D eigenvalue weighted by Gasteiger charge is -2.23. The molecule has 5 heteroatoms. The van der Waals surface area contributed by atoms with Crippen molar-refractivity contribution in [3.8, 4) is 0 Å². The van der Waals surface area contributed by atoms with Gasteiger partial charge >= 0.3 is 0 Å². The number of sulfonamides is 1. The molecule has 0 heterocycles. The SMILES string of the molecule is CCN(c1ccc(C)cc1)S(=O)(=O)CCCNC1CC1. The number of benzene rings is 1. The number of hydrogen-bond donors (Lipinski definition) is 1. The van der Waals surface area contributed by atoms with E-state index in [0.717, 1.165) is 17.8 Å². The van der Waals surface area contributed by atoms with Gasteiger partial charge in [0.05, 0.1) is 11.4 Å². The van der Waals surface area contributed by atoms with Gasteiger partial charge in [-0.2, -0.15) is 0 Å². The smallest absolute Gasteiger partial charge is 0.235 e. The molecule has 2 rings (SSSR count). The highest BCUT2D eigenvalue weighted by molar-refractivity contribution is 7.92. The van der Waals surface area contributed by atoms with Crippen LogP contribution in [0.1, 0.15) is 31.7 Å². The number of anilines is 1. The van der Waals surface area contributed by atoms with Gasteiger partial charge in [0.15, 0.2) is 0 Å². The standard InChI is InChI=1S/C15H24N2O2S/c1-3-17(15-9-5-13(2)6-10-15)20(18,19)12-4-11-16-14-7-8-14/h5-6,9-10,14,16H,3-4,7-8,11-12H2,1-2H3. The van der Waals surface area contributed by atoms with Crippen LogP contribution in [0.25, 0.3) is 0 Å². The van der Waals surface area contributed by atoms with E-state index in [9.17, 15) is 8.42 Å². The molecule has 1 saturated carbocycles. The average molecular weight is 296 g/mol. The molecule has 112 valence electrons. The van der Waals surface area contributed by atoms with Crippen molar-refractivity contribution in [3.05, 3.63) is 29.8 Å². The second-order valence-corrected chi connectivity index (χ2v) is 7.41. The van der Waals surface area contributed by atoms with Crippen LogP contribution in [-0.4, -0.2) is 33.3 Å². The zero-order valence-electron chi connectivity index (χ0n) is 12.3. The summed E-state index contributed by atoms with van der Waals surface area (Å²) in [6.07, 6.45) is 3.13. The fourth-order valence-corrected chi connectivity index (χ4v) is 3.78. The van der Waals surface area contributed by atoms with E-state index in [1.807, 2.05) is 38.1 Å². The lowest BCUT2D eigenvalue weighted by atomic mass is 10.2. The van der Waals surface area contributed by atoms with E-state index in [2.05, 4.69) is 5.32 Å². The summed E-state index contributed by atoms with van der Waals surface area (Å²) < 4.78 is 26.3. The molecule has 0 radical (unpaired) electrons. The number of rotatable bonds is 8. The minimum Gasteiger partial charge on any atom is -0.314 e. The van der Waals surface area contributed by atoms with E-state index < -0.39 is 10.0 Å². The fraction of sp³-hybridized carbons (Fsp3) is 0.600. The van der Waals surface area contributed by atoms with E-state index in [1.165, 1.54) is 17.1 Å². The first-order valence-corrected chi connectivity index (χ1v) is 8.94. The second kappa shape index (κ2) is 6.59. The van der Waals surface area contributed by atoms with Gasteiger partial charge in [0.1, 0.15) is 0 Å². The maximum absolute atomic E-state index is 12.4. The van der Waals surface area contributed by atoms with Gasteiger partial charge in [0.25, 0.3) is 0 Å². The Morgan fingerprint density at radius 2 is 1.90 bits per heavy atom. The van der Waals surface area contributed by atoms with Gasteiger partial charge < -0.3 is 5.32 Å². The molecule has 1 aliphatic carbocycles. The molecule has 1 aromatic carbocycles. The first-order chi connectivity index (χ1) is 9.53. The van der Waals surface area contributed by atoms with Crippen LogP contribution in [0, 0.1) is 6.92 Å². The van der Waals surface area contributed by atoms with Gasteiger partial charge in [-0.1, -0.05) is 17.7 Å². The molecule has 0 saturated heterocycles. The average Bonchev–Trinajstić information content (AvgIpc) is 3.22. The van der Waals surface area contributed by atoms with E-state index >= 15 is 0 Å². The molecular weight excluding hydrogens is 272 g/mol. The molecule has 0 spiro atoms. The van der Waals surface area contributed by atoms with Crippen molar-refractivity contribution in [2.24, 2.45) is 0 Å².